The lowest BCUT2D eigenvalue weighted by molar-refractivity contribution is 0.769. The Morgan fingerprint density at radius 1 is 0.389 bits per heavy atom. The van der Waals surface area contributed by atoms with Crippen molar-refractivity contribution in [3.63, 3.8) is 0 Å². The molecule has 1 aliphatic carbocycles. The lowest BCUT2D eigenvalue weighted by Gasteiger charge is -2.34. The van der Waals surface area contributed by atoms with Crippen molar-refractivity contribution in [3.8, 4) is 44.8 Å². The average Bonchev–Trinajstić information content (AvgIpc) is 3.76. The Morgan fingerprint density at radius 2 is 1.02 bits per heavy atom. The van der Waals surface area contributed by atoms with E-state index in [9.17, 15) is 0 Å². The van der Waals surface area contributed by atoms with Gasteiger partial charge in [0.25, 0.3) is 0 Å². The second kappa shape index (κ2) is 12.2. The van der Waals surface area contributed by atoms with Crippen LogP contribution in [0.25, 0.3) is 76.0 Å². The fourth-order valence-corrected chi connectivity index (χ4v) is 9.75. The van der Waals surface area contributed by atoms with Crippen LogP contribution >= 0.6 is 11.3 Å². The second-order valence-electron chi connectivity index (χ2n) is 14.1. The largest absolute Gasteiger partial charge is 0.242 e. The van der Waals surface area contributed by atoms with Crippen LogP contribution in [-0.2, 0) is 5.41 Å². The molecule has 1 aliphatic rings. The molecule has 2 heterocycles. The van der Waals surface area contributed by atoms with Crippen molar-refractivity contribution in [2.24, 2.45) is 0 Å². The minimum atomic E-state index is -0.415. The standard InChI is InChI=1S/C51H32N2S/c1-4-15-33(16-5-1)47-48(52-49-42-24-11-13-26-46(42)54-50(49)53-47)37-18-14-17-34(29-37)35-27-28-36-32-45-43(31-38(36)30-35)41-23-10-12-25-44(41)51(45,39-19-6-2-7-20-39)40-21-8-3-9-22-40/h1-32H. The summed E-state index contributed by atoms with van der Waals surface area (Å²) < 4.78 is 1.20. The molecule has 3 heteroatoms. The zero-order chi connectivity index (χ0) is 35.6. The molecule has 0 saturated heterocycles. The Morgan fingerprint density at radius 3 is 1.81 bits per heavy atom. The number of thiophene rings is 1. The summed E-state index contributed by atoms with van der Waals surface area (Å²) in [6.45, 7) is 0. The number of fused-ring (bicyclic) bond motifs is 7. The van der Waals surface area contributed by atoms with Gasteiger partial charge in [-0.1, -0.05) is 164 Å². The van der Waals surface area contributed by atoms with Crippen molar-refractivity contribution in [3.05, 3.63) is 216 Å². The van der Waals surface area contributed by atoms with Crippen molar-refractivity contribution < 1.29 is 0 Å². The molecular formula is C51H32N2S. The maximum atomic E-state index is 5.37. The first kappa shape index (κ1) is 30.9. The number of rotatable bonds is 5. The smallest absolute Gasteiger partial charge is 0.143 e. The highest BCUT2D eigenvalue weighted by Gasteiger charge is 2.46. The van der Waals surface area contributed by atoms with Crippen LogP contribution in [0, 0.1) is 0 Å². The fraction of sp³-hybridized carbons (Fsp3) is 0.0196. The molecule has 0 fully saturated rings. The van der Waals surface area contributed by atoms with Gasteiger partial charge < -0.3 is 0 Å². The molecule has 0 saturated carbocycles. The first-order valence-electron chi connectivity index (χ1n) is 18.4. The number of benzene rings is 8. The van der Waals surface area contributed by atoms with Crippen molar-refractivity contribution >= 4 is 42.5 Å². The second-order valence-corrected chi connectivity index (χ2v) is 15.1. The number of hydrogen-bond donors (Lipinski definition) is 0. The van der Waals surface area contributed by atoms with E-state index in [0.29, 0.717) is 0 Å². The molecule has 0 radical (unpaired) electrons. The van der Waals surface area contributed by atoms with Crippen LogP contribution in [0.15, 0.2) is 194 Å². The number of hydrogen-bond acceptors (Lipinski definition) is 3. The topological polar surface area (TPSA) is 25.8 Å². The van der Waals surface area contributed by atoms with Gasteiger partial charge >= 0.3 is 0 Å². The maximum absolute atomic E-state index is 5.37. The molecule has 0 aliphatic heterocycles. The van der Waals surface area contributed by atoms with Gasteiger partial charge in [0.15, 0.2) is 0 Å². The van der Waals surface area contributed by atoms with Crippen LogP contribution in [0.4, 0.5) is 0 Å². The molecule has 0 amide bonds. The van der Waals surface area contributed by atoms with E-state index < -0.39 is 5.41 Å². The molecule has 11 rings (SSSR count). The van der Waals surface area contributed by atoms with Crippen LogP contribution in [-0.4, -0.2) is 9.97 Å². The Labute approximate surface area is 317 Å². The summed E-state index contributed by atoms with van der Waals surface area (Å²) in [5.74, 6) is 0. The van der Waals surface area contributed by atoms with E-state index in [-0.39, 0.29) is 0 Å². The molecule has 252 valence electrons. The van der Waals surface area contributed by atoms with Crippen LogP contribution in [0.2, 0.25) is 0 Å². The van der Waals surface area contributed by atoms with Gasteiger partial charge in [-0.3, -0.25) is 0 Å². The van der Waals surface area contributed by atoms with Crippen LogP contribution < -0.4 is 0 Å². The number of aromatic nitrogens is 2. The maximum Gasteiger partial charge on any atom is 0.143 e. The van der Waals surface area contributed by atoms with Crippen LogP contribution in [0.5, 0.6) is 0 Å². The van der Waals surface area contributed by atoms with Gasteiger partial charge in [-0.2, -0.15) is 0 Å². The highest BCUT2D eigenvalue weighted by Crippen LogP contribution is 2.57. The Balaban J connectivity index is 1.08. The van der Waals surface area contributed by atoms with Crippen molar-refractivity contribution in [1.29, 1.82) is 0 Å². The average molecular weight is 705 g/mol. The minimum absolute atomic E-state index is 0.415. The molecule has 0 N–H and O–H groups in total. The Kier molecular flexibility index (Phi) is 6.98. The van der Waals surface area contributed by atoms with Gasteiger partial charge in [0.2, 0.25) is 0 Å². The monoisotopic (exact) mass is 704 g/mol. The lowest BCUT2D eigenvalue weighted by Crippen LogP contribution is -2.28. The third-order valence-electron chi connectivity index (χ3n) is 11.1. The van der Waals surface area contributed by atoms with Gasteiger partial charge in [-0.15, -0.1) is 11.3 Å². The summed E-state index contributed by atoms with van der Waals surface area (Å²) in [7, 11) is 0. The third kappa shape index (κ3) is 4.65. The zero-order valence-electron chi connectivity index (χ0n) is 29.3. The lowest BCUT2D eigenvalue weighted by atomic mass is 9.67. The Hall–Kier alpha value is -6.68. The SMILES string of the molecule is c1ccc(-c2nc3sc4ccccc4c3nc2-c2cccc(-c3ccc4cc5c(cc4c3)-c3ccccc3C5(c3ccccc3)c3ccccc3)c2)cc1. The van der Waals surface area contributed by atoms with Crippen LogP contribution in [0.3, 0.4) is 0 Å². The summed E-state index contributed by atoms with van der Waals surface area (Å²) in [5.41, 5.74) is 14.6. The molecule has 0 spiro atoms. The minimum Gasteiger partial charge on any atom is -0.242 e. The highest BCUT2D eigenvalue weighted by atomic mass is 32.1. The quantitative estimate of drug-likeness (QED) is 0.178. The third-order valence-corrected chi connectivity index (χ3v) is 12.2. The fourth-order valence-electron chi connectivity index (χ4n) is 8.73. The van der Waals surface area contributed by atoms with Gasteiger partial charge in [0.05, 0.1) is 16.8 Å². The molecule has 8 aromatic carbocycles. The van der Waals surface area contributed by atoms with Gasteiger partial charge in [-0.25, -0.2) is 9.97 Å². The van der Waals surface area contributed by atoms with Crippen molar-refractivity contribution in [2.45, 2.75) is 5.41 Å². The number of nitrogens with zero attached hydrogens (tertiary/aromatic N) is 2. The molecule has 2 nitrogen and oxygen atoms in total. The van der Waals surface area contributed by atoms with Gasteiger partial charge in [-0.05, 0) is 85.6 Å². The van der Waals surface area contributed by atoms with Crippen molar-refractivity contribution in [1.82, 2.24) is 9.97 Å². The molecule has 0 bridgehead atoms. The molecule has 10 aromatic rings. The van der Waals surface area contributed by atoms with E-state index in [1.165, 1.54) is 54.4 Å². The highest BCUT2D eigenvalue weighted by molar-refractivity contribution is 7.25. The van der Waals surface area contributed by atoms with E-state index >= 15 is 0 Å². The summed E-state index contributed by atoms with van der Waals surface area (Å²) >= 11 is 1.70. The van der Waals surface area contributed by atoms with Crippen LogP contribution in [0.1, 0.15) is 22.3 Å². The predicted octanol–water partition coefficient (Wildman–Crippen LogP) is 13.4. The van der Waals surface area contributed by atoms with Gasteiger partial charge in [0, 0.05) is 21.2 Å². The Bertz CT molecular complexity index is 3000. The normalized spacial score (nSPS) is 13.0. The summed E-state index contributed by atoms with van der Waals surface area (Å²) in [6.07, 6.45) is 0. The van der Waals surface area contributed by atoms with E-state index in [1.807, 2.05) is 6.07 Å². The van der Waals surface area contributed by atoms with Crippen molar-refractivity contribution in [2.75, 3.05) is 0 Å². The van der Waals surface area contributed by atoms with E-state index in [2.05, 4.69) is 188 Å². The first-order valence-corrected chi connectivity index (χ1v) is 19.2. The summed E-state index contributed by atoms with van der Waals surface area (Å²) in [5, 5.41) is 3.60. The first-order chi connectivity index (χ1) is 26.8. The molecule has 0 unspecified atom stereocenters. The molecule has 54 heavy (non-hydrogen) atoms. The molecule has 2 aromatic heterocycles. The van der Waals surface area contributed by atoms with E-state index in [1.54, 1.807) is 11.3 Å². The van der Waals surface area contributed by atoms with E-state index in [0.717, 1.165) is 43.8 Å². The predicted molar refractivity (Wildman–Crippen MR) is 226 cm³/mol. The molecule has 0 atom stereocenters. The van der Waals surface area contributed by atoms with Gasteiger partial charge in [0.1, 0.15) is 10.3 Å². The summed E-state index contributed by atoms with van der Waals surface area (Å²) in [6, 6.07) is 70.4. The summed E-state index contributed by atoms with van der Waals surface area (Å²) in [4.78, 5) is 11.6. The van der Waals surface area contributed by atoms with E-state index in [4.69, 9.17) is 9.97 Å². The zero-order valence-corrected chi connectivity index (χ0v) is 30.1. The molecular weight excluding hydrogens is 673 g/mol.